The maximum absolute atomic E-state index is 12.3. The molecule has 2 aromatic carbocycles. The lowest BCUT2D eigenvalue weighted by molar-refractivity contribution is -0.00492. The van der Waals surface area contributed by atoms with E-state index in [4.69, 9.17) is 9.47 Å². The van der Waals surface area contributed by atoms with E-state index in [0.29, 0.717) is 17.7 Å². The van der Waals surface area contributed by atoms with E-state index in [9.17, 15) is 9.59 Å². The zero-order valence-electron chi connectivity index (χ0n) is 16.3. The molecule has 0 heterocycles. The van der Waals surface area contributed by atoms with Crippen molar-refractivity contribution in [3.8, 4) is 0 Å². The Bertz CT molecular complexity index is 712. The SMILES string of the molecule is CCC(COC(=O)c1ccccc1)C(CC)C(C)OC(=O)c1ccccc1. The van der Waals surface area contributed by atoms with Crippen LogP contribution in [0.1, 0.15) is 54.3 Å². The maximum atomic E-state index is 12.3. The molecule has 0 bridgehead atoms. The third-order valence-electron chi connectivity index (χ3n) is 4.94. The van der Waals surface area contributed by atoms with Crippen molar-refractivity contribution >= 4 is 11.9 Å². The summed E-state index contributed by atoms with van der Waals surface area (Å²) in [4.78, 5) is 24.5. The van der Waals surface area contributed by atoms with Gasteiger partial charge in [0.2, 0.25) is 0 Å². The summed E-state index contributed by atoms with van der Waals surface area (Å²) in [5, 5.41) is 0. The average molecular weight is 368 g/mol. The molecule has 0 aliphatic rings. The van der Waals surface area contributed by atoms with Gasteiger partial charge in [0.15, 0.2) is 0 Å². The number of hydrogen-bond donors (Lipinski definition) is 0. The highest BCUT2D eigenvalue weighted by atomic mass is 16.5. The summed E-state index contributed by atoms with van der Waals surface area (Å²) in [7, 11) is 0. The van der Waals surface area contributed by atoms with Gasteiger partial charge in [0.05, 0.1) is 17.7 Å². The van der Waals surface area contributed by atoms with Gasteiger partial charge in [-0.2, -0.15) is 0 Å². The average Bonchev–Trinajstić information content (AvgIpc) is 2.71. The first kappa shape index (κ1) is 20.7. The lowest BCUT2D eigenvalue weighted by atomic mass is 9.84. The predicted octanol–water partition coefficient (Wildman–Crippen LogP) is 5.14. The number of esters is 2. The van der Waals surface area contributed by atoms with Crippen molar-refractivity contribution in [1.29, 1.82) is 0 Å². The second kappa shape index (κ2) is 10.5. The molecule has 4 heteroatoms. The second-order valence-electron chi connectivity index (χ2n) is 6.68. The van der Waals surface area contributed by atoms with Crippen molar-refractivity contribution in [3.63, 3.8) is 0 Å². The van der Waals surface area contributed by atoms with Crippen LogP contribution in [-0.4, -0.2) is 24.6 Å². The molecule has 0 saturated carbocycles. The van der Waals surface area contributed by atoms with Crippen molar-refractivity contribution in [2.75, 3.05) is 6.61 Å². The van der Waals surface area contributed by atoms with Gasteiger partial charge in [0.25, 0.3) is 0 Å². The Hall–Kier alpha value is -2.62. The highest BCUT2D eigenvalue weighted by Gasteiger charge is 2.28. The quantitative estimate of drug-likeness (QED) is 0.575. The first-order valence-electron chi connectivity index (χ1n) is 9.55. The largest absolute Gasteiger partial charge is 0.462 e. The van der Waals surface area contributed by atoms with Gasteiger partial charge in [-0.1, -0.05) is 50.2 Å². The molecule has 27 heavy (non-hydrogen) atoms. The number of ether oxygens (including phenoxy) is 2. The molecule has 0 radical (unpaired) electrons. The van der Waals surface area contributed by atoms with Crippen LogP contribution in [0.3, 0.4) is 0 Å². The fourth-order valence-electron chi connectivity index (χ4n) is 3.33. The van der Waals surface area contributed by atoms with Gasteiger partial charge < -0.3 is 9.47 Å². The van der Waals surface area contributed by atoms with Crippen molar-refractivity contribution in [3.05, 3.63) is 71.8 Å². The van der Waals surface area contributed by atoms with E-state index in [1.165, 1.54) is 0 Å². The van der Waals surface area contributed by atoms with Crippen LogP contribution in [-0.2, 0) is 9.47 Å². The van der Waals surface area contributed by atoms with Crippen LogP contribution in [0.5, 0.6) is 0 Å². The molecule has 2 rings (SSSR count). The monoisotopic (exact) mass is 368 g/mol. The second-order valence-corrected chi connectivity index (χ2v) is 6.68. The molecule has 0 amide bonds. The third kappa shape index (κ3) is 5.95. The van der Waals surface area contributed by atoms with Crippen molar-refractivity contribution in [2.45, 2.75) is 39.7 Å². The molecule has 0 aliphatic carbocycles. The van der Waals surface area contributed by atoms with Crippen LogP contribution in [0.2, 0.25) is 0 Å². The van der Waals surface area contributed by atoms with E-state index in [-0.39, 0.29) is 29.9 Å². The third-order valence-corrected chi connectivity index (χ3v) is 4.94. The number of carbonyl (C=O) groups is 2. The zero-order valence-corrected chi connectivity index (χ0v) is 16.3. The van der Waals surface area contributed by atoms with Gasteiger partial charge in [0.1, 0.15) is 6.10 Å². The normalized spacial score (nSPS) is 14.0. The van der Waals surface area contributed by atoms with E-state index in [2.05, 4.69) is 13.8 Å². The van der Waals surface area contributed by atoms with E-state index in [0.717, 1.165) is 12.8 Å². The molecule has 0 saturated heterocycles. The van der Waals surface area contributed by atoms with Gasteiger partial charge in [0, 0.05) is 5.92 Å². The molecule has 0 spiro atoms. The van der Waals surface area contributed by atoms with Gasteiger partial charge in [-0.05, 0) is 49.9 Å². The highest BCUT2D eigenvalue weighted by Crippen LogP contribution is 2.26. The van der Waals surface area contributed by atoms with Crippen LogP contribution in [0.15, 0.2) is 60.7 Å². The Labute approximate surface area is 161 Å². The first-order valence-corrected chi connectivity index (χ1v) is 9.55. The summed E-state index contributed by atoms with van der Waals surface area (Å²) in [6.45, 7) is 6.36. The van der Waals surface area contributed by atoms with E-state index < -0.39 is 0 Å². The summed E-state index contributed by atoms with van der Waals surface area (Å²) in [6.07, 6.45) is 1.42. The number of hydrogen-bond acceptors (Lipinski definition) is 4. The summed E-state index contributed by atoms with van der Waals surface area (Å²) in [5.74, 6) is -0.400. The number of benzene rings is 2. The molecule has 0 fully saturated rings. The molecule has 3 atom stereocenters. The standard InChI is InChI=1S/C23H28O4/c1-4-18(16-26-22(24)19-12-8-6-9-13-19)21(5-2)17(3)27-23(25)20-14-10-7-11-15-20/h6-15,17-18,21H,4-5,16H2,1-3H3. The minimum atomic E-state index is -0.322. The summed E-state index contributed by atoms with van der Waals surface area (Å²) in [6, 6.07) is 18.0. The molecule has 0 aliphatic heterocycles. The highest BCUT2D eigenvalue weighted by molar-refractivity contribution is 5.89. The molecule has 4 nitrogen and oxygen atoms in total. The molecular weight excluding hydrogens is 340 g/mol. The first-order chi connectivity index (χ1) is 13.1. The Morgan fingerprint density at radius 2 is 1.33 bits per heavy atom. The van der Waals surface area contributed by atoms with E-state index >= 15 is 0 Å². The van der Waals surface area contributed by atoms with Crippen LogP contribution < -0.4 is 0 Å². The Morgan fingerprint density at radius 3 is 1.81 bits per heavy atom. The Balaban J connectivity index is 1.96. The van der Waals surface area contributed by atoms with Crippen LogP contribution in [0.4, 0.5) is 0 Å². The van der Waals surface area contributed by atoms with Crippen LogP contribution in [0.25, 0.3) is 0 Å². The van der Waals surface area contributed by atoms with Gasteiger partial charge in [-0.25, -0.2) is 9.59 Å². The van der Waals surface area contributed by atoms with Gasteiger partial charge in [-0.15, -0.1) is 0 Å². The summed E-state index contributed by atoms with van der Waals surface area (Å²) in [5.41, 5.74) is 1.09. The maximum Gasteiger partial charge on any atom is 0.338 e. The van der Waals surface area contributed by atoms with Gasteiger partial charge >= 0.3 is 11.9 Å². The lowest BCUT2D eigenvalue weighted by Crippen LogP contribution is -2.32. The van der Waals surface area contributed by atoms with Crippen molar-refractivity contribution < 1.29 is 19.1 Å². The number of rotatable bonds is 9. The smallest absolute Gasteiger partial charge is 0.338 e. The molecule has 0 aromatic heterocycles. The van der Waals surface area contributed by atoms with Crippen LogP contribution >= 0.6 is 0 Å². The zero-order chi connectivity index (χ0) is 19.6. The minimum Gasteiger partial charge on any atom is -0.462 e. The molecular formula is C23H28O4. The summed E-state index contributed by atoms with van der Waals surface area (Å²) < 4.78 is 11.2. The van der Waals surface area contributed by atoms with Crippen molar-refractivity contribution in [1.82, 2.24) is 0 Å². The van der Waals surface area contributed by atoms with Crippen LogP contribution in [0, 0.1) is 11.8 Å². The molecule has 0 N–H and O–H groups in total. The molecule has 3 unspecified atom stereocenters. The van der Waals surface area contributed by atoms with E-state index in [1.807, 2.05) is 43.3 Å². The Morgan fingerprint density at radius 1 is 0.815 bits per heavy atom. The minimum absolute atomic E-state index is 0.117. The fourth-order valence-corrected chi connectivity index (χ4v) is 3.33. The molecule has 144 valence electrons. The predicted molar refractivity (Wildman–Crippen MR) is 106 cm³/mol. The fraction of sp³-hybridized carbons (Fsp3) is 0.391. The molecule has 2 aromatic rings. The van der Waals surface area contributed by atoms with Crippen molar-refractivity contribution in [2.24, 2.45) is 11.8 Å². The van der Waals surface area contributed by atoms with Gasteiger partial charge in [-0.3, -0.25) is 0 Å². The topological polar surface area (TPSA) is 52.6 Å². The lowest BCUT2D eigenvalue weighted by Gasteiger charge is -2.30. The number of carbonyl (C=O) groups excluding carboxylic acids is 2. The summed E-state index contributed by atoms with van der Waals surface area (Å²) >= 11 is 0. The Kier molecular flexibility index (Phi) is 8.05. The van der Waals surface area contributed by atoms with E-state index in [1.54, 1.807) is 24.3 Å².